The minimum atomic E-state index is -3.30. The van der Waals surface area contributed by atoms with Crippen molar-refractivity contribution in [3.8, 4) is 0 Å². The standard InChI is InChI=1S/C12H16BrNO3S/c1-12(2,8-13)14-11(15)9-5-4-6-10(7-9)18(3,16)17/h4-7H,8H2,1-3H3,(H,14,15). The van der Waals surface area contributed by atoms with E-state index in [9.17, 15) is 13.2 Å². The van der Waals surface area contributed by atoms with E-state index < -0.39 is 15.4 Å². The quantitative estimate of drug-likeness (QED) is 0.857. The fourth-order valence-corrected chi connectivity index (χ4v) is 2.09. The van der Waals surface area contributed by atoms with Crippen molar-refractivity contribution in [3.63, 3.8) is 0 Å². The molecule has 0 saturated carbocycles. The van der Waals surface area contributed by atoms with Gasteiger partial charge in [-0.2, -0.15) is 0 Å². The highest BCUT2D eigenvalue weighted by Gasteiger charge is 2.20. The lowest BCUT2D eigenvalue weighted by Gasteiger charge is -2.23. The number of halogens is 1. The smallest absolute Gasteiger partial charge is 0.251 e. The second-order valence-corrected chi connectivity index (χ2v) is 7.35. The molecular weight excluding hydrogens is 318 g/mol. The van der Waals surface area contributed by atoms with Crippen molar-refractivity contribution < 1.29 is 13.2 Å². The van der Waals surface area contributed by atoms with Gasteiger partial charge in [0.1, 0.15) is 0 Å². The first-order valence-corrected chi connectivity index (χ1v) is 8.35. The normalized spacial score (nSPS) is 12.2. The Morgan fingerprint density at radius 3 is 2.50 bits per heavy atom. The molecule has 6 heteroatoms. The molecule has 4 nitrogen and oxygen atoms in total. The molecule has 1 amide bonds. The van der Waals surface area contributed by atoms with Crippen LogP contribution < -0.4 is 5.32 Å². The van der Waals surface area contributed by atoms with Gasteiger partial charge in [-0.25, -0.2) is 8.42 Å². The van der Waals surface area contributed by atoms with Gasteiger partial charge in [-0.3, -0.25) is 4.79 Å². The van der Waals surface area contributed by atoms with E-state index in [0.29, 0.717) is 10.9 Å². The van der Waals surface area contributed by atoms with Crippen LogP contribution in [0.15, 0.2) is 29.2 Å². The molecule has 1 aromatic carbocycles. The minimum Gasteiger partial charge on any atom is -0.346 e. The van der Waals surface area contributed by atoms with Crippen molar-refractivity contribution in [2.45, 2.75) is 24.3 Å². The predicted molar refractivity (Wildman–Crippen MR) is 74.9 cm³/mol. The van der Waals surface area contributed by atoms with Gasteiger partial charge in [-0.15, -0.1) is 0 Å². The molecular formula is C12H16BrNO3S. The number of hydrogen-bond donors (Lipinski definition) is 1. The summed E-state index contributed by atoms with van der Waals surface area (Å²) < 4.78 is 22.8. The van der Waals surface area contributed by atoms with Gasteiger partial charge in [-0.05, 0) is 32.0 Å². The molecule has 0 saturated heterocycles. The van der Waals surface area contributed by atoms with E-state index in [4.69, 9.17) is 0 Å². The largest absolute Gasteiger partial charge is 0.346 e. The average molecular weight is 334 g/mol. The Labute approximate surface area is 116 Å². The van der Waals surface area contributed by atoms with Crippen LogP contribution in [-0.4, -0.2) is 31.4 Å². The molecule has 0 bridgehead atoms. The van der Waals surface area contributed by atoms with E-state index in [-0.39, 0.29) is 10.8 Å². The topological polar surface area (TPSA) is 63.2 Å². The lowest BCUT2D eigenvalue weighted by atomic mass is 10.1. The summed E-state index contributed by atoms with van der Waals surface area (Å²) in [5, 5.41) is 3.43. The van der Waals surface area contributed by atoms with Crippen molar-refractivity contribution >= 4 is 31.7 Å². The summed E-state index contributed by atoms with van der Waals surface area (Å²) in [7, 11) is -3.30. The van der Waals surface area contributed by atoms with Gasteiger partial charge in [0.15, 0.2) is 9.84 Å². The van der Waals surface area contributed by atoms with Gasteiger partial charge in [0.2, 0.25) is 0 Å². The molecule has 0 unspecified atom stereocenters. The Morgan fingerprint density at radius 2 is 2.00 bits per heavy atom. The zero-order chi connectivity index (χ0) is 14.0. The average Bonchev–Trinajstić information content (AvgIpc) is 2.27. The number of carbonyl (C=O) groups excluding carboxylic acids is 1. The summed E-state index contributed by atoms with van der Waals surface area (Å²) in [6.45, 7) is 3.75. The molecule has 0 aliphatic carbocycles. The molecule has 1 N–H and O–H groups in total. The molecule has 0 aliphatic heterocycles. The Bertz CT molecular complexity index is 552. The van der Waals surface area contributed by atoms with Crippen LogP contribution >= 0.6 is 15.9 Å². The van der Waals surface area contributed by atoms with Crippen LogP contribution in [0.3, 0.4) is 0 Å². The molecule has 0 atom stereocenters. The Balaban J connectivity index is 3.02. The van der Waals surface area contributed by atoms with Crippen molar-refractivity contribution in [3.05, 3.63) is 29.8 Å². The van der Waals surface area contributed by atoms with Gasteiger partial charge in [-0.1, -0.05) is 22.0 Å². The monoisotopic (exact) mass is 333 g/mol. The Kier molecular flexibility index (Phi) is 4.55. The SMILES string of the molecule is CC(C)(CBr)NC(=O)c1cccc(S(C)(=O)=O)c1. The van der Waals surface area contributed by atoms with Crippen molar-refractivity contribution in [2.75, 3.05) is 11.6 Å². The zero-order valence-electron chi connectivity index (χ0n) is 10.5. The summed E-state index contributed by atoms with van der Waals surface area (Å²) >= 11 is 3.31. The molecule has 0 aliphatic rings. The van der Waals surface area contributed by atoms with Gasteiger partial charge in [0.25, 0.3) is 5.91 Å². The third-order valence-electron chi connectivity index (χ3n) is 2.31. The van der Waals surface area contributed by atoms with Crippen molar-refractivity contribution in [1.82, 2.24) is 5.32 Å². The van der Waals surface area contributed by atoms with Crippen LogP contribution in [0.5, 0.6) is 0 Å². The maximum atomic E-state index is 12.0. The third-order valence-corrected chi connectivity index (χ3v) is 4.82. The Hall–Kier alpha value is -0.880. The van der Waals surface area contributed by atoms with E-state index >= 15 is 0 Å². The molecule has 0 heterocycles. The molecule has 1 rings (SSSR count). The zero-order valence-corrected chi connectivity index (χ0v) is 12.9. The number of benzene rings is 1. The summed E-state index contributed by atoms with van der Waals surface area (Å²) in [5.41, 5.74) is -0.0509. The predicted octanol–water partition coefficient (Wildman–Crippen LogP) is 1.99. The molecule has 18 heavy (non-hydrogen) atoms. The number of amides is 1. The molecule has 0 aromatic heterocycles. The van der Waals surface area contributed by atoms with Gasteiger partial charge in [0.05, 0.1) is 4.90 Å². The number of sulfone groups is 1. The van der Waals surface area contributed by atoms with Crippen LogP contribution in [0.2, 0.25) is 0 Å². The van der Waals surface area contributed by atoms with E-state index in [1.165, 1.54) is 12.1 Å². The molecule has 100 valence electrons. The fraction of sp³-hybridized carbons (Fsp3) is 0.417. The molecule has 1 aromatic rings. The second-order valence-electron chi connectivity index (χ2n) is 4.77. The first kappa shape index (κ1) is 15.2. The van der Waals surface area contributed by atoms with Crippen LogP contribution in [0, 0.1) is 0 Å². The maximum absolute atomic E-state index is 12.0. The summed E-state index contributed by atoms with van der Waals surface area (Å²) in [6.07, 6.45) is 1.12. The number of nitrogens with one attached hydrogen (secondary N) is 1. The van der Waals surface area contributed by atoms with Crippen LogP contribution in [0.1, 0.15) is 24.2 Å². The summed E-state index contributed by atoms with van der Waals surface area (Å²) in [4.78, 5) is 12.1. The highest BCUT2D eigenvalue weighted by atomic mass is 79.9. The maximum Gasteiger partial charge on any atom is 0.251 e. The van der Waals surface area contributed by atoms with Gasteiger partial charge in [0, 0.05) is 22.7 Å². The number of carbonyl (C=O) groups is 1. The molecule has 0 spiro atoms. The van der Waals surface area contributed by atoms with E-state index in [0.717, 1.165) is 6.26 Å². The van der Waals surface area contributed by atoms with E-state index in [1.54, 1.807) is 12.1 Å². The second kappa shape index (κ2) is 5.40. The van der Waals surface area contributed by atoms with Gasteiger partial charge < -0.3 is 5.32 Å². The fourth-order valence-electron chi connectivity index (χ4n) is 1.28. The Morgan fingerprint density at radius 1 is 1.39 bits per heavy atom. The van der Waals surface area contributed by atoms with E-state index in [2.05, 4.69) is 21.2 Å². The number of alkyl halides is 1. The lowest BCUT2D eigenvalue weighted by molar-refractivity contribution is 0.0921. The van der Waals surface area contributed by atoms with E-state index in [1.807, 2.05) is 13.8 Å². The van der Waals surface area contributed by atoms with Crippen molar-refractivity contribution in [2.24, 2.45) is 0 Å². The summed E-state index contributed by atoms with van der Waals surface area (Å²) in [5.74, 6) is -0.287. The highest BCUT2D eigenvalue weighted by molar-refractivity contribution is 9.09. The van der Waals surface area contributed by atoms with Crippen molar-refractivity contribution in [1.29, 1.82) is 0 Å². The molecule has 0 fully saturated rings. The number of hydrogen-bond acceptors (Lipinski definition) is 3. The number of rotatable bonds is 4. The van der Waals surface area contributed by atoms with Gasteiger partial charge >= 0.3 is 0 Å². The first-order chi connectivity index (χ1) is 8.15. The molecule has 0 radical (unpaired) electrons. The highest BCUT2D eigenvalue weighted by Crippen LogP contribution is 2.13. The third kappa shape index (κ3) is 4.10. The van der Waals surface area contributed by atoms with Crippen LogP contribution in [0.25, 0.3) is 0 Å². The summed E-state index contributed by atoms with van der Waals surface area (Å²) in [6, 6.07) is 6.01. The van der Waals surface area contributed by atoms with Crippen LogP contribution in [-0.2, 0) is 9.84 Å². The minimum absolute atomic E-state index is 0.145. The first-order valence-electron chi connectivity index (χ1n) is 5.34. The lowest BCUT2D eigenvalue weighted by Crippen LogP contribution is -2.44. The van der Waals surface area contributed by atoms with Crippen LogP contribution in [0.4, 0.5) is 0 Å².